The van der Waals surface area contributed by atoms with Crippen molar-refractivity contribution in [2.75, 3.05) is 6.61 Å². The summed E-state index contributed by atoms with van der Waals surface area (Å²) in [4.78, 5) is 10.2. The molecule has 0 aliphatic rings. The summed E-state index contributed by atoms with van der Waals surface area (Å²) in [6.45, 7) is 2.25. The van der Waals surface area contributed by atoms with Crippen LogP contribution in [0.25, 0.3) is 11.1 Å². The Kier molecular flexibility index (Phi) is 4.30. The number of carbonyl (C=O) groups is 1. The van der Waals surface area contributed by atoms with E-state index in [2.05, 4.69) is 4.74 Å². The topological polar surface area (TPSA) is 35.5 Å². The Morgan fingerprint density at radius 2 is 1.75 bits per heavy atom. The van der Waals surface area contributed by atoms with Crippen molar-refractivity contribution in [1.82, 2.24) is 0 Å². The van der Waals surface area contributed by atoms with Crippen LogP contribution < -0.4 is 9.47 Å². The smallest absolute Gasteiger partial charge is 0.298 e. The first-order valence-corrected chi connectivity index (χ1v) is 5.99. The average molecular weight is 278 g/mol. The Balaban J connectivity index is 2.37. The van der Waals surface area contributed by atoms with Gasteiger partial charge in [0.1, 0.15) is 5.75 Å². The van der Waals surface area contributed by atoms with Gasteiger partial charge >= 0.3 is 0 Å². The second kappa shape index (κ2) is 6.14. The van der Waals surface area contributed by atoms with Crippen molar-refractivity contribution in [3.8, 4) is 22.6 Å². The van der Waals surface area contributed by atoms with Crippen LogP contribution in [0, 0.1) is 11.6 Å². The van der Waals surface area contributed by atoms with Gasteiger partial charge < -0.3 is 9.47 Å². The van der Waals surface area contributed by atoms with E-state index in [1.54, 1.807) is 6.92 Å². The van der Waals surface area contributed by atoms with Crippen molar-refractivity contribution >= 4 is 6.47 Å². The summed E-state index contributed by atoms with van der Waals surface area (Å²) in [5.74, 6) is -1.78. The first-order valence-electron chi connectivity index (χ1n) is 5.99. The summed E-state index contributed by atoms with van der Waals surface area (Å²) < 4.78 is 37.4. The van der Waals surface area contributed by atoms with E-state index in [0.29, 0.717) is 17.8 Å². The third-order valence-corrected chi connectivity index (χ3v) is 2.70. The molecule has 0 aliphatic heterocycles. The number of ether oxygens (including phenoxy) is 2. The number of hydrogen-bond donors (Lipinski definition) is 0. The van der Waals surface area contributed by atoms with Crippen LogP contribution in [0.2, 0.25) is 0 Å². The predicted molar refractivity (Wildman–Crippen MR) is 69.7 cm³/mol. The lowest BCUT2D eigenvalue weighted by Crippen LogP contribution is -1.98. The van der Waals surface area contributed by atoms with Crippen LogP contribution in [0.4, 0.5) is 8.78 Å². The molecule has 5 heteroatoms. The van der Waals surface area contributed by atoms with Crippen LogP contribution in [0.3, 0.4) is 0 Å². The predicted octanol–water partition coefficient (Wildman–Crippen LogP) is 3.57. The molecule has 0 atom stereocenters. The van der Waals surface area contributed by atoms with Crippen molar-refractivity contribution in [3.63, 3.8) is 0 Å². The molecule has 3 nitrogen and oxygen atoms in total. The average Bonchev–Trinajstić information content (AvgIpc) is 2.46. The number of benzene rings is 2. The molecule has 104 valence electrons. The number of rotatable bonds is 5. The Bertz CT molecular complexity index is 609. The van der Waals surface area contributed by atoms with Gasteiger partial charge in [0.05, 0.1) is 6.61 Å². The third kappa shape index (κ3) is 2.77. The van der Waals surface area contributed by atoms with E-state index in [1.807, 2.05) is 0 Å². The highest BCUT2D eigenvalue weighted by molar-refractivity contribution is 5.66. The molecule has 0 aliphatic carbocycles. The van der Waals surface area contributed by atoms with E-state index < -0.39 is 11.6 Å². The van der Waals surface area contributed by atoms with Crippen LogP contribution in [0.1, 0.15) is 6.92 Å². The summed E-state index contributed by atoms with van der Waals surface area (Å²) in [7, 11) is 0. The van der Waals surface area contributed by atoms with Crippen LogP contribution in [0.15, 0.2) is 36.4 Å². The first-order chi connectivity index (χ1) is 9.67. The van der Waals surface area contributed by atoms with Crippen molar-refractivity contribution in [2.45, 2.75) is 6.92 Å². The Hall–Kier alpha value is -2.43. The van der Waals surface area contributed by atoms with Gasteiger partial charge in [0, 0.05) is 5.56 Å². The SMILES string of the molecule is CCOc1ccc(-c2ccc(OC=O)cc2)c(F)c1F. The fourth-order valence-corrected chi connectivity index (χ4v) is 1.79. The van der Waals surface area contributed by atoms with Crippen molar-refractivity contribution in [1.29, 1.82) is 0 Å². The summed E-state index contributed by atoms with van der Waals surface area (Å²) in [5, 5.41) is 0. The summed E-state index contributed by atoms with van der Waals surface area (Å²) in [6, 6.07) is 8.90. The van der Waals surface area contributed by atoms with Gasteiger partial charge in [-0.15, -0.1) is 0 Å². The van der Waals surface area contributed by atoms with Gasteiger partial charge in [-0.3, -0.25) is 4.79 Å². The first kappa shape index (κ1) is 14.0. The van der Waals surface area contributed by atoms with Crippen LogP contribution >= 0.6 is 0 Å². The maximum atomic E-state index is 14.0. The Morgan fingerprint density at radius 3 is 2.35 bits per heavy atom. The Labute approximate surface area is 114 Å². The molecule has 0 saturated heterocycles. The lowest BCUT2D eigenvalue weighted by Gasteiger charge is -2.09. The third-order valence-electron chi connectivity index (χ3n) is 2.70. The highest BCUT2D eigenvalue weighted by atomic mass is 19.2. The van der Waals surface area contributed by atoms with E-state index in [0.717, 1.165) is 0 Å². The molecule has 0 N–H and O–H groups in total. The summed E-state index contributed by atoms with van der Waals surface area (Å²) in [5.41, 5.74) is 0.589. The molecule has 0 unspecified atom stereocenters. The van der Waals surface area contributed by atoms with E-state index in [4.69, 9.17) is 4.74 Å². The number of hydrogen-bond acceptors (Lipinski definition) is 3. The Morgan fingerprint density at radius 1 is 1.05 bits per heavy atom. The molecular formula is C15H12F2O3. The quantitative estimate of drug-likeness (QED) is 0.784. The molecule has 20 heavy (non-hydrogen) atoms. The highest BCUT2D eigenvalue weighted by Gasteiger charge is 2.15. The van der Waals surface area contributed by atoms with Crippen molar-refractivity contribution in [2.24, 2.45) is 0 Å². The minimum atomic E-state index is -1.02. The summed E-state index contributed by atoms with van der Waals surface area (Å²) in [6.07, 6.45) is 0. The fourth-order valence-electron chi connectivity index (χ4n) is 1.79. The number of carbonyl (C=O) groups excluding carboxylic acids is 1. The zero-order chi connectivity index (χ0) is 14.5. The maximum absolute atomic E-state index is 14.0. The molecular weight excluding hydrogens is 266 g/mol. The van der Waals surface area contributed by atoms with Gasteiger partial charge in [-0.25, -0.2) is 4.39 Å². The largest absolute Gasteiger partial charge is 0.491 e. The molecule has 0 bridgehead atoms. The zero-order valence-corrected chi connectivity index (χ0v) is 10.7. The molecule has 0 radical (unpaired) electrons. The van der Waals surface area contributed by atoms with Crippen molar-refractivity contribution < 1.29 is 23.0 Å². The fraction of sp³-hybridized carbons (Fsp3) is 0.133. The molecule has 0 saturated carbocycles. The minimum Gasteiger partial charge on any atom is -0.491 e. The van der Waals surface area contributed by atoms with E-state index in [9.17, 15) is 13.6 Å². The lowest BCUT2D eigenvalue weighted by atomic mass is 10.0. The molecule has 0 aromatic heterocycles. The van der Waals surface area contributed by atoms with Gasteiger partial charge in [0.25, 0.3) is 6.47 Å². The van der Waals surface area contributed by atoms with Crippen LogP contribution in [-0.4, -0.2) is 13.1 Å². The van der Waals surface area contributed by atoms with Crippen LogP contribution in [-0.2, 0) is 4.79 Å². The van der Waals surface area contributed by atoms with Gasteiger partial charge in [-0.1, -0.05) is 12.1 Å². The van der Waals surface area contributed by atoms with Crippen molar-refractivity contribution in [3.05, 3.63) is 48.0 Å². The molecule has 0 heterocycles. The van der Waals surface area contributed by atoms with Crippen LogP contribution in [0.5, 0.6) is 11.5 Å². The molecule has 0 amide bonds. The number of halogens is 2. The molecule has 2 rings (SSSR count). The lowest BCUT2D eigenvalue weighted by molar-refractivity contribution is -0.120. The minimum absolute atomic E-state index is 0.114. The monoisotopic (exact) mass is 278 g/mol. The second-order valence-corrected chi connectivity index (χ2v) is 3.91. The standard InChI is InChI=1S/C15H12F2O3/c1-2-19-13-8-7-12(14(16)15(13)17)10-3-5-11(6-4-10)20-9-18/h3-9H,2H2,1H3. The molecule has 2 aromatic carbocycles. The van der Waals surface area contributed by atoms with Gasteiger partial charge in [0.15, 0.2) is 11.6 Å². The molecule has 0 spiro atoms. The zero-order valence-electron chi connectivity index (χ0n) is 10.7. The second-order valence-electron chi connectivity index (χ2n) is 3.91. The van der Waals surface area contributed by atoms with E-state index in [1.165, 1.54) is 36.4 Å². The normalized spacial score (nSPS) is 10.2. The van der Waals surface area contributed by atoms with Gasteiger partial charge in [-0.2, -0.15) is 4.39 Å². The van der Waals surface area contributed by atoms with Gasteiger partial charge in [0.2, 0.25) is 5.82 Å². The van der Waals surface area contributed by atoms with E-state index >= 15 is 0 Å². The maximum Gasteiger partial charge on any atom is 0.298 e. The highest BCUT2D eigenvalue weighted by Crippen LogP contribution is 2.30. The van der Waals surface area contributed by atoms with E-state index in [-0.39, 0.29) is 17.9 Å². The molecule has 2 aromatic rings. The summed E-state index contributed by atoms with van der Waals surface area (Å²) >= 11 is 0. The molecule has 0 fully saturated rings. The van der Waals surface area contributed by atoms with Gasteiger partial charge in [-0.05, 0) is 36.8 Å².